The van der Waals surface area contributed by atoms with Gasteiger partial charge in [0, 0.05) is 17.9 Å². The maximum atomic E-state index is 10.9. The minimum Gasteiger partial charge on any atom is -0.481 e. The van der Waals surface area contributed by atoms with Crippen LogP contribution in [0.1, 0.15) is 25.7 Å². The monoisotopic (exact) mass is 218 g/mol. The summed E-state index contributed by atoms with van der Waals surface area (Å²) < 4.78 is 0. The predicted octanol–water partition coefficient (Wildman–Crippen LogP) is 0.0243. The Morgan fingerprint density at radius 1 is 1.27 bits per heavy atom. The third-order valence-electron chi connectivity index (χ3n) is 1.66. The topological polar surface area (TPSA) is 110 Å². The summed E-state index contributed by atoms with van der Waals surface area (Å²) in [5.74, 6) is -1.24. The predicted molar refractivity (Wildman–Crippen MR) is 51.0 cm³/mol. The molecule has 0 saturated heterocycles. The number of nitro groups is 1. The average molecular weight is 218 g/mol. The van der Waals surface area contributed by atoms with E-state index >= 15 is 0 Å². The molecule has 0 saturated carbocycles. The minimum absolute atomic E-state index is 0.0742. The maximum absolute atomic E-state index is 10.9. The number of rotatable bonds is 8. The lowest BCUT2D eigenvalue weighted by Gasteiger charge is -2.02. The highest BCUT2D eigenvalue weighted by molar-refractivity contribution is 5.75. The SMILES string of the molecule is O=C(O)CCCCNC(=O)CC[N+](=O)[O-]. The molecule has 7 heteroatoms. The highest BCUT2D eigenvalue weighted by atomic mass is 16.6. The highest BCUT2D eigenvalue weighted by Crippen LogP contribution is 1.93. The summed E-state index contributed by atoms with van der Waals surface area (Å²) in [7, 11) is 0. The van der Waals surface area contributed by atoms with Gasteiger partial charge in [0.05, 0.1) is 6.42 Å². The van der Waals surface area contributed by atoms with Gasteiger partial charge in [-0.1, -0.05) is 0 Å². The molecular formula is C8H14N2O5. The number of aliphatic carboxylic acids is 1. The quantitative estimate of drug-likeness (QED) is 0.339. The van der Waals surface area contributed by atoms with Crippen molar-refractivity contribution in [2.45, 2.75) is 25.7 Å². The molecule has 0 aliphatic rings. The van der Waals surface area contributed by atoms with Crippen molar-refractivity contribution in [3.05, 3.63) is 10.1 Å². The van der Waals surface area contributed by atoms with E-state index in [4.69, 9.17) is 5.11 Å². The van der Waals surface area contributed by atoms with Crippen LogP contribution in [0.25, 0.3) is 0 Å². The van der Waals surface area contributed by atoms with Crippen LogP contribution in [0.2, 0.25) is 0 Å². The number of carbonyl (C=O) groups is 2. The summed E-state index contributed by atoms with van der Waals surface area (Å²) in [5.41, 5.74) is 0. The maximum Gasteiger partial charge on any atom is 0.303 e. The Balaban J connectivity index is 3.31. The van der Waals surface area contributed by atoms with Crippen LogP contribution in [0, 0.1) is 10.1 Å². The van der Waals surface area contributed by atoms with Gasteiger partial charge in [-0.3, -0.25) is 19.7 Å². The van der Waals surface area contributed by atoms with Crippen molar-refractivity contribution in [3.8, 4) is 0 Å². The van der Waals surface area contributed by atoms with Crippen molar-refractivity contribution < 1.29 is 19.6 Å². The summed E-state index contributed by atoms with van der Waals surface area (Å²) in [6.07, 6.45) is 0.998. The number of nitrogens with one attached hydrogen (secondary N) is 1. The molecule has 0 unspecified atom stereocenters. The van der Waals surface area contributed by atoms with Crippen molar-refractivity contribution in [2.24, 2.45) is 0 Å². The molecule has 7 nitrogen and oxygen atoms in total. The molecule has 0 aromatic carbocycles. The highest BCUT2D eigenvalue weighted by Gasteiger charge is 2.05. The molecule has 0 atom stereocenters. The fraction of sp³-hybridized carbons (Fsp3) is 0.750. The van der Waals surface area contributed by atoms with Gasteiger partial charge in [-0.05, 0) is 12.8 Å². The van der Waals surface area contributed by atoms with Gasteiger partial charge in [-0.2, -0.15) is 0 Å². The fourth-order valence-electron chi connectivity index (χ4n) is 0.910. The molecule has 0 fully saturated rings. The number of hydrogen-bond acceptors (Lipinski definition) is 4. The van der Waals surface area contributed by atoms with E-state index in [1.807, 2.05) is 0 Å². The lowest BCUT2D eigenvalue weighted by molar-refractivity contribution is -0.478. The van der Waals surface area contributed by atoms with Gasteiger partial charge < -0.3 is 10.4 Å². The van der Waals surface area contributed by atoms with Crippen LogP contribution < -0.4 is 5.32 Å². The third-order valence-corrected chi connectivity index (χ3v) is 1.66. The Morgan fingerprint density at radius 2 is 1.93 bits per heavy atom. The third kappa shape index (κ3) is 10.3. The number of nitrogens with zero attached hydrogens (tertiary/aromatic N) is 1. The Labute approximate surface area is 86.6 Å². The van der Waals surface area contributed by atoms with E-state index in [0.717, 1.165) is 0 Å². The second-order valence-corrected chi connectivity index (χ2v) is 3.01. The summed E-state index contributed by atoms with van der Waals surface area (Å²) in [6.45, 7) is -0.00914. The van der Waals surface area contributed by atoms with E-state index in [2.05, 4.69) is 5.32 Å². The van der Waals surface area contributed by atoms with Crippen LogP contribution in [0.5, 0.6) is 0 Å². The fourth-order valence-corrected chi connectivity index (χ4v) is 0.910. The zero-order chi connectivity index (χ0) is 11.7. The van der Waals surface area contributed by atoms with Gasteiger partial charge in [0.15, 0.2) is 0 Å². The van der Waals surface area contributed by atoms with E-state index in [0.29, 0.717) is 19.4 Å². The second kappa shape index (κ2) is 7.72. The molecule has 1 amide bonds. The molecule has 0 aromatic rings. The zero-order valence-electron chi connectivity index (χ0n) is 8.27. The summed E-state index contributed by atoms with van der Waals surface area (Å²) in [6, 6.07) is 0. The Morgan fingerprint density at radius 3 is 2.47 bits per heavy atom. The first-order chi connectivity index (χ1) is 7.02. The summed E-state index contributed by atoms with van der Waals surface area (Å²) >= 11 is 0. The zero-order valence-corrected chi connectivity index (χ0v) is 8.27. The first kappa shape index (κ1) is 13.3. The molecule has 0 rings (SSSR count). The van der Waals surface area contributed by atoms with Gasteiger partial charge in [0.1, 0.15) is 0 Å². The normalized spacial score (nSPS) is 9.60. The molecule has 0 radical (unpaired) electrons. The van der Waals surface area contributed by atoms with Crippen LogP contribution in [0.4, 0.5) is 0 Å². The Kier molecular flexibility index (Phi) is 6.86. The van der Waals surface area contributed by atoms with E-state index in [9.17, 15) is 19.7 Å². The van der Waals surface area contributed by atoms with Gasteiger partial charge in [0.25, 0.3) is 0 Å². The second-order valence-electron chi connectivity index (χ2n) is 3.01. The molecule has 0 aliphatic heterocycles. The lowest BCUT2D eigenvalue weighted by Crippen LogP contribution is -2.26. The largest absolute Gasteiger partial charge is 0.481 e. The number of carboxylic acids is 1. The number of amides is 1. The van der Waals surface area contributed by atoms with Gasteiger partial charge in [-0.15, -0.1) is 0 Å². The molecule has 0 heterocycles. The Bertz CT molecular complexity index is 241. The average Bonchev–Trinajstić information content (AvgIpc) is 2.13. The number of unbranched alkanes of at least 4 members (excludes halogenated alkanes) is 1. The van der Waals surface area contributed by atoms with Gasteiger partial charge >= 0.3 is 5.97 Å². The number of carboxylic acid groups (broad SMARTS) is 1. The number of carbonyl (C=O) groups excluding carboxylic acids is 1. The summed E-state index contributed by atoms with van der Waals surface area (Å²) in [5, 5.41) is 20.7. The molecular weight excluding hydrogens is 204 g/mol. The van der Waals surface area contributed by atoms with Crippen LogP contribution in [-0.2, 0) is 9.59 Å². The standard InChI is InChI=1S/C8H14N2O5/c11-7(4-6-10(14)15)9-5-2-1-3-8(12)13/h1-6H2,(H,9,11)(H,12,13). The molecule has 0 spiro atoms. The van der Waals surface area contributed by atoms with Crippen molar-refractivity contribution in [2.75, 3.05) is 13.1 Å². The van der Waals surface area contributed by atoms with Gasteiger partial charge in [0.2, 0.25) is 12.5 Å². The smallest absolute Gasteiger partial charge is 0.303 e. The van der Waals surface area contributed by atoms with Crippen LogP contribution in [-0.4, -0.2) is 35.0 Å². The van der Waals surface area contributed by atoms with Crippen LogP contribution >= 0.6 is 0 Å². The minimum atomic E-state index is -0.866. The molecule has 2 N–H and O–H groups in total. The van der Waals surface area contributed by atoms with Crippen LogP contribution in [0.15, 0.2) is 0 Å². The van der Waals surface area contributed by atoms with Crippen LogP contribution in [0.3, 0.4) is 0 Å². The molecule has 0 aliphatic carbocycles. The number of hydrogen-bond donors (Lipinski definition) is 2. The molecule has 86 valence electrons. The first-order valence-corrected chi connectivity index (χ1v) is 4.62. The van der Waals surface area contributed by atoms with Crippen molar-refractivity contribution in [1.29, 1.82) is 0 Å². The van der Waals surface area contributed by atoms with E-state index < -0.39 is 10.9 Å². The van der Waals surface area contributed by atoms with Gasteiger partial charge in [-0.25, -0.2) is 0 Å². The van der Waals surface area contributed by atoms with E-state index in [1.165, 1.54) is 0 Å². The van der Waals surface area contributed by atoms with Crippen molar-refractivity contribution in [1.82, 2.24) is 5.32 Å². The van der Waals surface area contributed by atoms with E-state index in [-0.39, 0.29) is 25.3 Å². The molecule has 0 bridgehead atoms. The molecule has 0 aromatic heterocycles. The molecule has 15 heavy (non-hydrogen) atoms. The van der Waals surface area contributed by atoms with Crippen molar-refractivity contribution in [3.63, 3.8) is 0 Å². The summed E-state index contributed by atoms with van der Waals surface area (Å²) in [4.78, 5) is 30.4. The Hall–Kier alpha value is -1.66. The first-order valence-electron chi connectivity index (χ1n) is 4.62. The van der Waals surface area contributed by atoms with E-state index in [1.54, 1.807) is 0 Å². The lowest BCUT2D eigenvalue weighted by atomic mass is 10.2. The van der Waals surface area contributed by atoms with Crippen molar-refractivity contribution >= 4 is 11.9 Å².